The third kappa shape index (κ3) is 9.29. The van der Waals surface area contributed by atoms with Gasteiger partial charge in [-0.15, -0.1) is 11.3 Å². The molecule has 1 aromatic heterocycles. The van der Waals surface area contributed by atoms with E-state index in [2.05, 4.69) is 20.9 Å². The fraction of sp³-hybridized carbons (Fsp3) is 0.320. The van der Waals surface area contributed by atoms with Crippen molar-refractivity contribution in [3.05, 3.63) is 76.5 Å². The summed E-state index contributed by atoms with van der Waals surface area (Å²) in [4.78, 5) is 28.4. The molecule has 180 valence electrons. The Balaban J connectivity index is 1.23. The molecule has 9 heteroatoms. The summed E-state index contributed by atoms with van der Waals surface area (Å²) in [5, 5.41) is 10.9. The Labute approximate surface area is 202 Å². The topological polar surface area (TPSA) is 92.4 Å². The van der Waals surface area contributed by atoms with Crippen molar-refractivity contribution in [2.45, 2.75) is 39.2 Å². The van der Waals surface area contributed by atoms with Gasteiger partial charge in [-0.1, -0.05) is 36.2 Å². The number of ether oxygens (including phenoxy) is 1. The van der Waals surface area contributed by atoms with Crippen LogP contribution in [0, 0.1) is 12.7 Å². The summed E-state index contributed by atoms with van der Waals surface area (Å²) in [5.41, 5.74) is 3.62. The first kappa shape index (κ1) is 25.3. The van der Waals surface area contributed by atoms with Crippen LogP contribution in [0.3, 0.4) is 0 Å². The highest BCUT2D eigenvalue weighted by Gasteiger charge is 2.07. The molecule has 0 aliphatic carbocycles. The molecule has 0 unspecified atom stereocenters. The summed E-state index contributed by atoms with van der Waals surface area (Å²) in [6, 6.07) is 13.3. The lowest BCUT2D eigenvalue weighted by Crippen LogP contribution is -2.28. The summed E-state index contributed by atoms with van der Waals surface area (Å²) in [6.45, 7) is 2.82. The number of unbranched alkanes of at least 4 members (excludes halogenated alkanes) is 2. The number of nitrogens with one attached hydrogen (secondary N) is 3. The van der Waals surface area contributed by atoms with Crippen LogP contribution in [0.2, 0.25) is 0 Å². The van der Waals surface area contributed by atoms with Gasteiger partial charge in [0, 0.05) is 17.6 Å². The van der Waals surface area contributed by atoms with Gasteiger partial charge in [-0.05, 0) is 56.0 Å². The van der Waals surface area contributed by atoms with Gasteiger partial charge < -0.3 is 15.4 Å². The van der Waals surface area contributed by atoms with Crippen LogP contribution in [-0.4, -0.2) is 30.1 Å². The zero-order valence-electron chi connectivity index (χ0n) is 19.1. The van der Waals surface area contributed by atoms with Gasteiger partial charge in [-0.25, -0.2) is 14.2 Å². The number of halogens is 1. The lowest BCUT2D eigenvalue weighted by molar-refractivity contribution is -0.126. The molecule has 0 fully saturated rings. The number of carbonyl (C=O) groups is 2. The van der Waals surface area contributed by atoms with Gasteiger partial charge in [0.05, 0.1) is 12.3 Å². The molecule has 0 saturated heterocycles. The summed E-state index contributed by atoms with van der Waals surface area (Å²) in [7, 11) is 0. The van der Waals surface area contributed by atoms with Crippen LogP contribution in [0.4, 0.5) is 20.0 Å². The number of nitrogens with zero attached hydrogens (tertiary/aromatic N) is 1. The second-order valence-electron chi connectivity index (χ2n) is 7.87. The minimum Gasteiger partial charge on any atom is -0.367 e. The third-order valence-electron chi connectivity index (χ3n) is 4.93. The van der Waals surface area contributed by atoms with Gasteiger partial charge in [0.1, 0.15) is 12.4 Å². The van der Waals surface area contributed by atoms with E-state index in [0.717, 1.165) is 48.2 Å². The quantitative estimate of drug-likeness (QED) is 0.305. The molecule has 3 amide bonds. The fourth-order valence-electron chi connectivity index (χ4n) is 3.10. The molecule has 0 bridgehead atoms. The SMILES string of the molecule is Cc1ccc(NC(=O)Nc2nc(CCCCCNC(=O)COCc3ccc(F)cc3)cs2)cc1. The Morgan fingerprint density at radius 3 is 2.53 bits per heavy atom. The average molecular weight is 485 g/mol. The molecule has 0 radical (unpaired) electrons. The van der Waals surface area contributed by atoms with Crippen LogP contribution in [0.1, 0.15) is 36.1 Å². The molecule has 1 heterocycles. The van der Waals surface area contributed by atoms with E-state index in [1.807, 2.05) is 36.6 Å². The van der Waals surface area contributed by atoms with Crippen LogP contribution < -0.4 is 16.0 Å². The normalized spacial score (nSPS) is 10.6. The first-order chi connectivity index (χ1) is 16.5. The maximum absolute atomic E-state index is 12.9. The first-order valence-electron chi connectivity index (χ1n) is 11.2. The standard InChI is InChI=1S/C25H29FN4O3S/c1-18-6-12-21(13-7-18)28-24(32)30-25-29-22(17-34-25)5-3-2-4-14-27-23(31)16-33-15-19-8-10-20(26)11-9-19/h6-13,17H,2-5,14-16H2,1H3,(H,27,31)(H2,28,29,30,32). The maximum Gasteiger partial charge on any atom is 0.325 e. The molecule has 0 spiro atoms. The Morgan fingerprint density at radius 2 is 1.76 bits per heavy atom. The smallest absolute Gasteiger partial charge is 0.325 e. The number of rotatable bonds is 12. The monoisotopic (exact) mass is 484 g/mol. The molecule has 34 heavy (non-hydrogen) atoms. The summed E-state index contributed by atoms with van der Waals surface area (Å²) in [6.07, 6.45) is 3.56. The van der Waals surface area contributed by atoms with E-state index in [1.54, 1.807) is 12.1 Å². The zero-order chi connectivity index (χ0) is 24.2. The molecule has 7 nitrogen and oxygen atoms in total. The molecule has 0 atom stereocenters. The number of benzene rings is 2. The number of hydrogen-bond donors (Lipinski definition) is 3. The van der Waals surface area contributed by atoms with E-state index in [0.29, 0.717) is 11.7 Å². The van der Waals surface area contributed by atoms with Gasteiger partial charge in [-0.2, -0.15) is 0 Å². The number of aryl methyl sites for hydroxylation is 2. The van der Waals surface area contributed by atoms with Crippen molar-refractivity contribution >= 4 is 34.1 Å². The largest absolute Gasteiger partial charge is 0.367 e. The van der Waals surface area contributed by atoms with Crippen LogP contribution >= 0.6 is 11.3 Å². The van der Waals surface area contributed by atoms with Crippen molar-refractivity contribution in [2.24, 2.45) is 0 Å². The zero-order valence-corrected chi connectivity index (χ0v) is 19.9. The van der Waals surface area contributed by atoms with Crippen molar-refractivity contribution < 1.29 is 18.7 Å². The van der Waals surface area contributed by atoms with Gasteiger partial charge >= 0.3 is 6.03 Å². The number of amides is 3. The van der Waals surface area contributed by atoms with Gasteiger partial charge in [0.15, 0.2) is 5.13 Å². The second-order valence-corrected chi connectivity index (χ2v) is 8.73. The Morgan fingerprint density at radius 1 is 1.00 bits per heavy atom. The van der Waals surface area contributed by atoms with Crippen LogP contribution in [0.25, 0.3) is 0 Å². The predicted octanol–water partition coefficient (Wildman–Crippen LogP) is 5.28. The molecule has 2 aromatic carbocycles. The molecule has 0 aliphatic rings. The number of aromatic nitrogens is 1. The fourth-order valence-corrected chi connectivity index (χ4v) is 3.84. The number of hydrogen-bond acceptors (Lipinski definition) is 5. The number of urea groups is 1. The van der Waals surface area contributed by atoms with E-state index < -0.39 is 0 Å². The molecule has 3 N–H and O–H groups in total. The van der Waals surface area contributed by atoms with E-state index in [4.69, 9.17) is 4.74 Å². The van der Waals surface area contributed by atoms with E-state index in [9.17, 15) is 14.0 Å². The van der Waals surface area contributed by atoms with Crippen LogP contribution in [0.15, 0.2) is 53.9 Å². The summed E-state index contributed by atoms with van der Waals surface area (Å²) in [5.74, 6) is -0.462. The summed E-state index contributed by atoms with van der Waals surface area (Å²) < 4.78 is 18.2. The minimum atomic E-state index is -0.317. The molecule has 3 aromatic rings. The molecule has 0 aliphatic heterocycles. The molecule has 3 rings (SSSR count). The van der Waals surface area contributed by atoms with Crippen LogP contribution in [0.5, 0.6) is 0 Å². The third-order valence-corrected chi connectivity index (χ3v) is 5.74. The van der Waals surface area contributed by atoms with Crippen LogP contribution in [-0.2, 0) is 22.6 Å². The summed E-state index contributed by atoms with van der Waals surface area (Å²) >= 11 is 1.40. The van der Waals surface area contributed by atoms with Crippen molar-refractivity contribution in [1.29, 1.82) is 0 Å². The van der Waals surface area contributed by atoms with E-state index in [-0.39, 0.29) is 31.0 Å². The molecule has 0 saturated carbocycles. The Hall–Kier alpha value is -3.30. The Bertz CT molecular complexity index is 1050. The highest BCUT2D eigenvalue weighted by Crippen LogP contribution is 2.18. The average Bonchev–Trinajstić information content (AvgIpc) is 3.26. The highest BCUT2D eigenvalue weighted by molar-refractivity contribution is 7.13. The van der Waals surface area contributed by atoms with Gasteiger partial charge in [0.2, 0.25) is 5.91 Å². The Kier molecular flexibility index (Phi) is 9.99. The first-order valence-corrected chi connectivity index (χ1v) is 12.0. The van der Waals surface area contributed by atoms with E-state index >= 15 is 0 Å². The van der Waals surface area contributed by atoms with E-state index in [1.165, 1.54) is 23.5 Å². The van der Waals surface area contributed by atoms with Gasteiger partial charge in [-0.3, -0.25) is 10.1 Å². The van der Waals surface area contributed by atoms with Crippen molar-refractivity contribution in [3.63, 3.8) is 0 Å². The van der Waals surface area contributed by atoms with Crippen molar-refractivity contribution in [1.82, 2.24) is 10.3 Å². The highest BCUT2D eigenvalue weighted by atomic mass is 32.1. The number of thiazole rings is 1. The lowest BCUT2D eigenvalue weighted by atomic mass is 10.1. The second kappa shape index (κ2) is 13.4. The lowest BCUT2D eigenvalue weighted by Gasteiger charge is -2.06. The maximum atomic E-state index is 12.9. The van der Waals surface area contributed by atoms with Crippen molar-refractivity contribution in [3.8, 4) is 0 Å². The molecular formula is C25H29FN4O3S. The van der Waals surface area contributed by atoms with Crippen molar-refractivity contribution in [2.75, 3.05) is 23.8 Å². The molecular weight excluding hydrogens is 455 g/mol. The minimum absolute atomic E-state index is 0.0243. The van der Waals surface area contributed by atoms with Gasteiger partial charge in [0.25, 0.3) is 0 Å². The number of carbonyl (C=O) groups excluding carboxylic acids is 2. The number of anilines is 2. The predicted molar refractivity (Wildman–Crippen MR) is 133 cm³/mol.